The van der Waals surface area contributed by atoms with Gasteiger partial charge in [0.2, 0.25) is 0 Å². The first kappa shape index (κ1) is 15.3. The topological polar surface area (TPSA) is 83.0 Å². The second-order valence-corrected chi connectivity index (χ2v) is 5.83. The standard InChI is InChI=1S/C15H16N2O3S/c1-8-4-5-9(2)11(6-8)7-21-13-12(14(18)19)10(3)16-15(20)17-13/h4-6H,7H2,1-3H3,(H,18,19)(H,16,17,20). The molecule has 0 aliphatic rings. The molecule has 110 valence electrons. The lowest BCUT2D eigenvalue weighted by Crippen LogP contribution is -2.18. The van der Waals surface area contributed by atoms with Gasteiger partial charge in [0.15, 0.2) is 0 Å². The van der Waals surface area contributed by atoms with E-state index < -0.39 is 11.7 Å². The van der Waals surface area contributed by atoms with Gasteiger partial charge in [-0.1, -0.05) is 23.8 Å². The third kappa shape index (κ3) is 3.52. The van der Waals surface area contributed by atoms with Crippen LogP contribution in [0.1, 0.15) is 32.7 Å². The Morgan fingerprint density at radius 3 is 2.71 bits per heavy atom. The van der Waals surface area contributed by atoms with Crippen LogP contribution in [0.15, 0.2) is 28.0 Å². The summed E-state index contributed by atoms with van der Waals surface area (Å²) in [5, 5.41) is 9.51. The number of carboxylic acids is 1. The molecule has 0 saturated heterocycles. The van der Waals surface area contributed by atoms with Crippen molar-refractivity contribution in [2.75, 3.05) is 0 Å². The van der Waals surface area contributed by atoms with Gasteiger partial charge < -0.3 is 10.1 Å². The average Bonchev–Trinajstić information content (AvgIpc) is 2.38. The van der Waals surface area contributed by atoms with Crippen LogP contribution in [0.5, 0.6) is 0 Å². The molecule has 0 atom stereocenters. The number of carbonyl (C=O) groups is 1. The summed E-state index contributed by atoms with van der Waals surface area (Å²) >= 11 is 1.27. The monoisotopic (exact) mass is 304 g/mol. The number of aryl methyl sites for hydroxylation is 3. The molecule has 0 amide bonds. The second kappa shape index (κ2) is 6.13. The number of hydrogen-bond donors (Lipinski definition) is 2. The van der Waals surface area contributed by atoms with Crippen LogP contribution in [-0.2, 0) is 5.75 Å². The molecule has 2 N–H and O–H groups in total. The second-order valence-electron chi connectivity index (χ2n) is 4.87. The van der Waals surface area contributed by atoms with Gasteiger partial charge in [-0.3, -0.25) is 0 Å². The van der Waals surface area contributed by atoms with Gasteiger partial charge in [0, 0.05) is 11.4 Å². The number of rotatable bonds is 4. The number of carboxylic acid groups (broad SMARTS) is 1. The van der Waals surface area contributed by atoms with Crippen LogP contribution in [-0.4, -0.2) is 21.0 Å². The highest BCUT2D eigenvalue weighted by Crippen LogP contribution is 2.26. The van der Waals surface area contributed by atoms with Crippen LogP contribution in [0.4, 0.5) is 0 Å². The van der Waals surface area contributed by atoms with E-state index >= 15 is 0 Å². The van der Waals surface area contributed by atoms with Crippen LogP contribution in [0.25, 0.3) is 0 Å². The fraction of sp³-hybridized carbons (Fsp3) is 0.267. The molecule has 0 aliphatic heterocycles. The largest absolute Gasteiger partial charge is 0.478 e. The van der Waals surface area contributed by atoms with Crippen LogP contribution in [0.3, 0.4) is 0 Å². The van der Waals surface area contributed by atoms with Gasteiger partial charge in [-0.2, -0.15) is 4.98 Å². The smallest absolute Gasteiger partial charge is 0.346 e. The molecule has 0 spiro atoms. The van der Waals surface area contributed by atoms with Crippen molar-refractivity contribution >= 4 is 17.7 Å². The minimum Gasteiger partial charge on any atom is -0.478 e. The highest BCUT2D eigenvalue weighted by atomic mass is 32.2. The SMILES string of the molecule is Cc1ccc(C)c(CSc2nc(=O)[nH]c(C)c2C(=O)O)c1. The molecule has 21 heavy (non-hydrogen) atoms. The first-order valence-corrected chi connectivity index (χ1v) is 7.40. The number of aromatic amines is 1. The summed E-state index contributed by atoms with van der Waals surface area (Å²) in [5.74, 6) is -0.510. The normalized spacial score (nSPS) is 10.6. The number of nitrogens with one attached hydrogen (secondary N) is 1. The highest BCUT2D eigenvalue weighted by molar-refractivity contribution is 7.98. The van der Waals surface area contributed by atoms with Gasteiger partial charge in [-0.25, -0.2) is 9.59 Å². The number of thioether (sulfide) groups is 1. The zero-order valence-electron chi connectivity index (χ0n) is 12.1. The maximum absolute atomic E-state index is 11.4. The molecule has 0 bridgehead atoms. The Kier molecular flexibility index (Phi) is 4.47. The van der Waals surface area contributed by atoms with E-state index in [-0.39, 0.29) is 10.6 Å². The summed E-state index contributed by atoms with van der Waals surface area (Å²) in [6.45, 7) is 5.57. The minimum atomic E-state index is -1.08. The molecular weight excluding hydrogens is 288 g/mol. The molecule has 0 saturated carbocycles. The predicted octanol–water partition coefficient (Wildman–Crippen LogP) is 2.69. The average molecular weight is 304 g/mol. The summed E-state index contributed by atoms with van der Waals surface area (Å²) in [5.41, 5.74) is 3.24. The van der Waals surface area contributed by atoms with Crippen molar-refractivity contribution in [3.63, 3.8) is 0 Å². The first-order chi connectivity index (χ1) is 9.88. The van der Waals surface area contributed by atoms with Crippen molar-refractivity contribution in [1.29, 1.82) is 0 Å². The number of aromatic carboxylic acids is 1. The Balaban J connectivity index is 2.34. The summed E-state index contributed by atoms with van der Waals surface area (Å²) in [6, 6.07) is 6.12. The van der Waals surface area contributed by atoms with Crippen LogP contribution in [0.2, 0.25) is 0 Å². The van der Waals surface area contributed by atoms with Gasteiger partial charge in [0.25, 0.3) is 0 Å². The third-order valence-corrected chi connectivity index (χ3v) is 4.19. The van der Waals surface area contributed by atoms with Gasteiger partial charge in [0.1, 0.15) is 10.6 Å². The third-order valence-electron chi connectivity index (χ3n) is 3.17. The van der Waals surface area contributed by atoms with Crippen LogP contribution >= 0.6 is 11.8 Å². The molecule has 2 rings (SSSR count). The lowest BCUT2D eigenvalue weighted by molar-refractivity contribution is 0.0690. The molecule has 1 aromatic carbocycles. The first-order valence-electron chi connectivity index (χ1n) is 6.41. The lowest BCUT2D eigenvalue weighted by atomic mass is 10.1. The number of nitrogens with zero attached hydrogens (tertiary/aromatic N) is 1. The fourth-order valence-electron chi connectivity index (χ4n) is 2.02. The number of aromatic nitrogens is 2. The van der Waals surface area contributed by atoms with E-state index in [1.54, 1.807) is 6.92 Å². The zero-order valence-corrected chi connectivity index (χ0v) is 12.9. The van der Waals surface area contributed by atoms with Crippen molar-refractivity contribution < 1.29 is 9.90 Å². The molecule has 5 nitrogen and oxygen atoms in total. The number of H-pyrrole nitrogens is 1. The fourth-order valence-corrected chi connectivity index (χ4v) is 3.15. The Morgan fingerprint density at radius 2 is 2.05 bits per heavy atom. The molecule has 1 aromatic heterocycles. The van der Waals surface area contributed by atoms with Gasteiger partial charge in [-0.05, 0) is 31.9 Å². The van der Waals surface area contributed by atoms with Gasteiger partial charge >= 0.3 is 11.7 Å². The molecular formula is C15H16N2O3S. The van der Waals surface area contributed by atoms with E-state index in [0.717, 1.165) is 16.7 Å². The Hall–Kier alpha value is -2.08. The lowest BCUT2D eigenvalue weighted by Gasteiger charge is -2.09. The molecule has 6 heteroatoms. The number of benzene rings is 1. The maximum Gasteiger partial charge on any atom is 0.346 e. The summed E-state index contributed by atoms with van der Waals surface area (Å²) in [6.07, 6.45) is 0. The summed E-state index contributed by atoms with van der Waals surface area (Å²) in [4.78, 5) is 29.0. The Morgan fingerprint density at radius 1 is 1.33 bits per heavy atom. The van der Waals surface area contributed by atoms with Crippen molar-refractivity contribution in [1.82, 2.24) is 9.97 Å². The van der Waals surface area contributed by atoms with E-state index in [2.05, 4.69) is 16.0 Å². The summed E-state index contributed by atoms with van der Waals surface area (Å²) < 4.78 is 0. The van der Waals surface area contributed by atoms with E-state index in [1.165, 1.54) is 11.8 Å². The van der Waals surface area contributed by atoms with Crippen molar-refractivity contribution in [2.24, 2.45) is 0 Å². The van der Waals surface area contributed by atoms with E-state index in [9.17, 15) is 14.7 Å². The minimum absolute atomic E-state index is 0.0601. The Labute approximate surface area is 126 Å². The Bertz CT molecular complexity index is 753. The summed E-state index contributed by atoms with van der Waals surface area (Å²) in [7, 11) is 0. The van der Waals surface area contributed by atoms with Crippen LogP contribution < -0.4 is 5.69 Å². The van der Waals surface area contributed by atoms with Crippen molar-refractivity contribution in [2.45, 2.75) is 31.6 Å². The van der Waals surface area contributed by atoms with Crippen LogP contribution in [0, 0.1) is 20.8 Å². The van der Waals surface area contributed by atoms with E-state index in [0.29, 0.717) is 11.4 Å². The highest BCUT2D eigenvalue weighted by Gasteiger charge is 2.17. The van der Waals surface area contributed by atoms with Gasteiger partial charge in [-0.15, -0.1) is 11.8 Å². The molecule has 0 fully saturated rings. The maximum atomic E-state index is 11.4. The zero-order chi connectivity index (χ0) is 15.6. The van der Waals surface area contributed by atoms with Gasteiger partial charge in [0.05, 0.1) is 0 Å². The van der Waals surface area contributed by atoms with Crippen molar-refractivity contribution in [3.05, 3.63) is 56.6 Å². The molecule has 2 aromatic rings. The molecule has 0 radical (unpaired) electrons. The quantitative estimate of drug-likeness (QED) is 0.670. The molecule has 0 aliphatic carbocycles. The van der Waals surface area contributed by atoms with E-state index in [1.807, 2.05) is 26.0 Å². The number of hydrogen-bond acceptors (Lipinski definition) is 4. The van der Waals surface area contributed by atoms with E-state index in [4.69, 9.17) is 0 Å². The molecule has 1 heterocycles. The molecule has 0 unspecified atom stereocenters. The van der Waals surface area contributed by atoms with Crippen molar-refractivity contribution in [3.8, 4) is 0 Å². The predicted molar refractivity (Wildman–Crippen MR) is 82.0 cm³/mol.